The van der Waals surface area contributed by atoms with E-state index in [9.17, 15) is 10.1 Å². The third-order valence-electron chi connectivity index (χ3n) is 3.37. The van der Waals surface area contributed by atoms with Crippen molar-refractivity contribution in [3.63, 3.8) is 0 Å². The average molecular weight is 394 g/mol. The number of nitrogens with one attached hydrogen (secondary N) is 1. The van der Waals surface area contributed by atoms with Gasteiger partial charge in [-0.1, -0.05) is 37.0 Å². The molecule has 0 spiro atoms. The van der Waals surface area contributed by atoms with Gasteiger partial charge in [-0.05, 0) is 36.2 Å². The van der Waals surface area contributed by atoms with Gasteiger partial charge >= 0.3 is 0 Å². The standard InChI is InChI=1S/C18H17Cl2N3OS/c1-11(2)15-5-3-12(10-21)18(23-15)25-8-7-17(24)22-16-6-4-13(19)9-14(16)20/h3-6,9,11H,7-8H2,1-2H3,(H,22,24). The molecule has 1 aromatic heterocycles. The molecule has 130 valence electrons. The number of hydrogen-bond donors (Lipinski definition) is 1. The van der Waals surface area contributed by atoms with Crippen molar-refractivity contribution in [1.82, 2.24) is 4.98 Å². The van der Waals surface area contributed by atoms with Crippen LogP contribution in [0.15, 0.2) is 35.4 Å². The van der Waals surface area contributed by atoms with Crippen LogP contribution < -0.4 is 5.32 Å². The van der Waals surface area contributed by atoms with Crippen LogP contribution in [0, 0.1) is 11.3 Å². The number of thioether (sulfide) groups is 1. The maximum absolute atomic E-state index is 12.1. The first-order chi connectivity index (χ1) is 11.9. The highest BCUT2D eigenvalue weighted by atomic mass is 35.5. The lowest BCUT2D eigenvalue weighted by Gasteiger charge is -2.09. The van der Waals surface area contributed by atoms with Gasteiger partial charge in [0, 0.05) is 22.9 Å². The van der Waals surface area contributed by atoms with E-state index in [1.165, 1.54) is 11.8 Å². The van der Waals surface area contributed by atoms with Gasteiger partial charge in [-0.2, -0.15) is 5.26 Å². The quantitative estimate of drug-likeness (QED) is 0.657. The van der Waals surface area contributed by atoms with Gasteiger partial charge in [0.05, 0.1) is 16.3 Å². The Kier molecular flexibility index (Phi) is 7.12. The first kappa shape index (κ1) is 19.6. The minimum absolute atomic E-state index is 0.157. The first-order valence-corrected chi connectivity index (χ1v) is 9.43. The molecule has 1 heterocycles. The molecule has 0 fully saturated rings. The maximum Gasteiger partial charge on any atom is 0.225 e. The molecule has 1 N–H and O–H groups in total. The summed E-state index contributed by atoms with van der Waals surface area (Å²) in [5.41, 5.74) is 1.98. The molecule has 0 aliphatic rings. The molecule has 0 aliphatic carbocycles. The summed E-state index contributed by atoms with van der Waals surface area (Å²) in [6, 6.07) is 10.7. The Balaban J connectivity index is 1.95. The van der Waals surface area contributed by atoms with Crippen molar-refractivity contribution in [1.29, 1.82) is 5.26 Å². The number of nitrogens with zero attached hydrogens (tertiary/aromatic N) is 2. The van der Waals surface area contributed by atoms with Gasteiger partial charge in [-0.25, -0.2) is 4.98 Å². The fourth-order valence-corrected chi connectivity index (χ4v) is 3.39. The van der Waals surface area contributed by atoms with E-state index in [1.54, 1.807) is 24.3 Å². The predicted octanol–water partition coefficient (Wildman–Crippen LogP) is 5.50. The van der Waals surface area contributed by atoms with E-state index in [0.29, 0.717) is 32.1 Å². The van der Waals surface area contributed by atoms with Crippen molar-refractivity contribution in [2.75, 3.05) is 11.1 Å². The van der Waals surface area contributed by atoms with E-state index in [1.807, 2.05) is 19.9 Å². The summed E-state index contributed by atoms with van der Waals surface area (Å²) >= 11 is 13.3. The van der Waals surface area contributed by atoms with Crippen molar-refractivity contribution in [3.8, 4) is 6.07 Å². The number of hydrogen-bond acceptors (Lipinski definition) is 4. The SMILES string of the molecule is CC(C)c1ccc(C#N)c(SCCC(=O)Nc2ccc(Cl)cc2Cl)n1. The van der Waals surface area contributed by atoms with Crippen LogP contribution >= 0.6 is 35.0 Å². The number of aromatic nitrogens is 1. The molecule has 0 atom stereocenters. The largest absolute Gasteiger partial charge is 0.325 e. The Hall–Kier alpha value is -1.74. The number of pyridine rings is 1. The zero-order chi connectivity index (χ0) is 18.4. The molecule has 25 heavy (non-hydrogen) atoms. The Bertz CT molecular complexity index is 818. The zero-order valence-electron chi connectivity index (χ0n) is 13.8. The number of benzene rings is 1. The van der Waals surface area contributed by atoms with E-state index >= 15 is 0 Å². The maximum atomic E-state index is 12.1. The summed E-state index contributed by atoms with van der Waals surface area (Å²) in [6.45, 7) is 4.10. The summed E-state index contributed by atoms with van der Waals surface area (Å²) in [4.78, 5) is 16.6. The van der Waals surface area contributed by atoms with Crippen molar-refractivity contribution >= 4 is 46.6 Å². The molecule has 0 bridgehead atoms. The summed E-state index contributed by atoms with van der Waals surface area (Å²) < 4.78 is 0. The van der Waals surface area contributed by atoms with E-state index in [4.69, 9.17) is 23.2 Å². The molecular weight excluding hydrogens is 377 g/mol. The summed E-state index contributed by atoms with van der Waals surface area (Å²) in [7, 11) is 0. The molecule has 2 rings (SSSR count). The van der Waals surface area contributed by atoms with Crippen molar-refractivity contribution in [3.05, 3.63) is 51.6 Å². The first-order valence-electron chi connectivity index (χ1n) is 7.69. The predicted molar refractivity (Wildman–Crippen MR) is 103 cm³/mol. The molecule has 7 heteroatoms. The third-order valence-corrected chi connectivity index (χ3v) is 4.91. The lowest BCUT2D eigenvalue weighted by molar-refractivity contribution is -0.115. The average Bonchev–Trinajstić information content (AvgIpc) is 2.57. The zero-order valence-corrected chi connectivity index (χ0v) is 16.2. The highest BCUT2D eigenvalue weighted by Gasteiger charge is 2.11. The van der Waals surface area contributed by atoms with Crippen molar-refractivity contribution in [2.45, 2.75) is 31.2 Å². The summed E-state index contributed by atoms with van der Waals surface area (Å²) in [5.74, 6) is 0.637. The van der Waals surface area contributed by atoms with Crippen molar-refractivity contribution in [2.24, 2.45) is 0 Å². The van der Waals surface area contributed by atoms with Crippen LogP contribution in [0.25, 0.3) is 0 Å². The lowest BCUT2D eigenvalue weighted by atomic mass is 10.1. The highest BCUT2D eigenvalue weighted by molar-refractivity contribution is 7.99. The van der Waals surface area contributed by atoms with Crippen molar-refractivity contribution < 1.29 is 4.79 Å². The Morgan fingerprint density at radius 1 is 1.32 bits per heavy atom. The van der Waals surface area contributed by atoms with Crippen LogP contribution in [0.1, 0.15) is 37.4 Å². The van der Waals surface area contributed by atoms with E-state index in [2.05, 4.69) is 16.4 Å². The van der Waals surface area contributed by atoms with E-state index in [0.717, 1.165) is 5.69 Å². The monoisotopic (exact) mass is 393 g/mol. The minimum atomic E-state index is -0.157. The normalized spacial score (nSPS) is 10.6. The molecule has 0 saturated heterocycles. The number of nitriles is 1. The fraction of sp³-hybridized carbons (Fsp3) is 0.278. The Labute approximate surface area is 161 Å². The molecule has 0 saturated carbocycles. The number of carbonyl (C=O) groups excluding carboxylic acids is 1. The Morgan fingerprint density at radius 3 is 2.72 bits per heavy atom. The molecule has 0 radical (unpaired) electrons. The molecule has 0 unspecified atom stereocenters. The van der Waals surface area contributed by atoms with Crippen LogP contribution in [0.2, 0.25) is 10.0 Å². The fourth-order valence-electron chi connectivity index (χ4n) is 2.02. The number of anilines is 1. The molecule has 2 aromatic rings. The van der Waals surface area contributed by atoms with Crippen LogP contribution in [-0.4, -0.2) is 16.6 Å². The van der Waals surface area contributed by atoms with Gasteiger partial charge in [-0.3, -0.25) is 4.79 Å². The van der Waals surface area contributed by atoms with Crippen LogP contribution in [0.4, 0.5) is 5.69 Å². The van der Waals surface area contributed by atoms with E-state index < -0.39 is 0 Å². The number of carbonyl (C=O) groups is 1. The van der Waals surface area contributed by atoms with Gasteiger partial charge in [-0.15, -0.1) is 11.8 Å². The topological polar surface area (TPSA) is 65.8 Å². The molecule has 0 aliphatic heterocycles. The number of halogens is 2. The third kappa shape index (κ3) is 5.64. The lowest BCUT2D eigenvalue weighted by Crippen LogP contribution is -2.12. The second-order valence-electron chi connectivity index (χ2n) is 5.63. The van der Waals surface area contributed by atoms with Gasteiger partial charge < -0.3 is 5.32 Å². The van der Waals surface area contributed by atoms with Crippen LogP contribution in [0.3, 0.4) is 0 Å². The van der Waals surface area contributed by atoms with Gasteiger partial charge in [0.15, 0.2) is 0 Å². The van der Waals surface area contributed by atoms with Gasteiger partial charge in [0.1, 0.15) is 11.1 Å². The Morgan fingerprint density at radius 2 is 2.08 bits per heavy atom. The molecule has 4 nitrogen and oxygen atoms in total. The smallest absolute Gasteiger partial charge is 0.225 e. The minimum Gasteiger partial charge on any atom is -0.325 e. The number of rotatable bonds is 6. The molecule has 1 aromatic carbocycles. The molecular formula is C18H17Cl2N3OS. The van der Waals surface area contributed by atoms with E-state index in [-0.39, 0.29) is 18.2 Å². The van der Waals surface area contributed by atoms with Gasteiger partial charge in [0.2, 0.25) is 5.91 Å². The second kappa shape index (κ2) is 9.10. The van der Waals surface area contributed by atoms with Gasteiger partial charge in [0.25, 0.3) is 0 Å². The molecule has 1 amide bonds. The second-order valence-corrected chi connectivity index (χ2v) is 7.55. The van der Waals surface area contributed by atoms with Crippen LogP contribution in [-0.2, 0) is 4.79 Å². The van der Waals surface area contributed by atoms with Crippen LogP contribution in [0.5, 0.6) is 0 Å². The summed E-state index contributed by atoms with van der Waals surface area (Å²) in [5, 5.41) is 13.5. The number of amides is 1. The summed E-state index contributed by atoms with van der Waals surface area (Å²) in [6.07, 6.45) is 0.280. The highest BCUT2D eigenvalue weighted by Crippen LogP contribution is 2.26.